The Bertz CT molecular complexity index is 1620. The molecule has 2 bridgehead atoms. The summed E-state index contributed by atoms with van der Waals surface area (Å²) in [5, 5.41) is 118. The zero-order valence-corrected chi connectivity index (χ0v) is 37.8. The molecule has 65 heavy (non-hydrogen) atoms. The molecule has 10 unspecified atom stereocenters. The lowest BCUT2D eigenvalue weighted by Gasteiger charge is -2.45. The van der Waals surface area contributed by atoms with E-state index in [0.717, 1.165) is 12.8 Å². The molecule has 2 fully saturated rings. The molecule has 3 aliphatic heterocycles. The van der Waals surface area contributed by atoms with Crippen molar-refractivity contribution in [2.45, 2.75) is 189 Å². The quantitative estimate of drug-likeness (QED) is 0.175. The second kappa shape index (κ2) is 27.6. The standard InChI is InChI=1S/C47H75NO17/c1-27-17-15-13-11-9-7-5-6-8-10-12-14-16-18-34(64-46-44(58)41(48)43(57)30(4)63-46)24-38-40(45(59)60)37(54)26-47(61,65-38)25-36(53)35(52)20-19-31(49)21-32(50)22-33(51)23-39(55)62-29(3)28(2)42(27)56/h5-6,8,10-18,27-38,40-44,46,49-54,56-58,61H,7,9,19-26,48H2,1-4H3,(H,59,60)/b6-5+,10-8+,13-11+,14-12+,17-15+,18-16+/t27-,28+,29-,30+,31?,32?,33?,34?,35?,36?,37?,38?,40?,41-,42+,43+,44-,46?,47+/m0/s1. The van der Waals surface area contributed by atoms with Gasteiger partial charge in [0, 0.05) is 31.1 Å². The third-order valence-electron chi connectivity index (χ3n) is 12.2. The molecule has 3 rings (SSSR count). The number of esters is 1. The number of carbonyl (C=O) groups is 2. The molecule has 0 aromatic heterocycles. The van der Waals surface area contributed by atoms with E-state index in [1.807, 2.05) is 49.5 Å². The van der Waals surface area contributed by atoms with Crippen molar-refractivity contribution in [3.63, 3.8) is 0 Å². The first-order valence-electron chi connectivity index (χ1n) is 22.6. The van der Waals surface area contributed by atoms with Gasteiger partial charge in [-0.2, -0.15) is 0 Å². The summed E-state index contributed by atoms with van der Waals surface area (Å²) >= 11 is 0. The number of aliphatic hydroxyl groups is 10. The number of rotatable bonds is 3. The number of allylic oxidation sites excluding steroid dienone is 10. The minimum absolute atomic E-state index is 0.138. The van der Waals surface area contributed by atoms with Crippen molar-refractivity contribution in [3.8, 4) is 0 Å². The molecule has 0 amide bonds. The van der Waals surface area contributed by atoms with Gasteiger partial charge in [-0.1, -0.05) is 86.8 Å². The number of nitrogens with two attached hydrogens (primary N) is 1. The van der Waals surface area contributed by atoms with Gasteiger partial charge in [-0.05, 0) is 52.4 Å². The van der Waals surface area contributed by atoms with Crippen molar-refractivity contribution >= 4 is 11.9 Å². The summed E-state index contributed by atoms with van der Waals surface area (Å²) in [4.78, 5) is 25.1. The van der Waals surface area contributed by atoms with Gasteiger partial charge in [-0.15, -0.1) is 0 Å². The van der Waals surface area contributed by atoms with Crippen LogP contribution in [0.1, 0.15) is 91.9 Å². The fourth-order valence-corrected chi connectivity index (χ4v) is 8.11. The van der Waals surface area contributed by atoms with E-state index in [2.05, 4.69) is 0 Å². The summed E-state index contributed by atoms with van der Waals surface area (Å²) in [5.74, 6) is -6.82. The summed E-state index contributed by atoms with van der Waals surface area (Å²) in [7, 11) is 0. The third kappa shape index (κ3) is 18.8. The average molecular weight is 926 g/mol. The van der Waals surface area contributed by atoms with Gasteiger partial charge >= 0.3 is 11.9 Å². The highest BCUT2D eigenvalue weighted by Gasteiger charge is 2.51. The molecule has 2 saturated heterocycles. The highest BCUT2D eigenvalue weighted by atomic mass is 16.7. The second-order valence-corrected chi connectivity index (χ2v) is 17.8. The van der Waals surface area contributed by atoms with E-state index in [4.69, 9.17) is 24.7 Å². The minimum atomic E-state index is -2.35. The molecule has 19 atom stereocenters. The van der Waals surface area contributed by atoms with Crippen molar-refractivity contribution in [3.05, 3.63) is 72.9 Å². The van der Waals surface area contributed by atoms with Gasteiger partial charge in [0.2, 0.25) is 0 Å². The maximum atomic E-state index is 12.6. The van der Waals surface area contributed by atoms with Gasteiger partial charge in [0.15, 0.2) is 12.1 Å². The monoisotopic (exact) mass is 926 g/mol. The Labute approximate surface area is 381 Å². The number of hydrogen-bond donors (Lipinski definition) is 12. The maximum Gasteiger partial charge on any atom is 0.311 e. The first-order valence-corrected chi connectivity index (χ1v) is 22.6. The number of hydrogen-bond acceptors (Lipinski definition) is 17. The highest BCUT2D eigenvalue weighted by molar-refractivity contribution is 5.71. The molecule has 0 saturated carbocycles. The number of ether oxygens (including phenoxy) is 4. The molecule has 13 N–H and O–H groups in total. The summed E-state index contributed by atoms with van der Waals surface area (Å²) in [6, 6.07) is -1.14. The molecule has 0 aromatic carbocycles. The van der Waals surface area contributed by atoms with Crippen LogP contribution in [0.2, 0.25) is 0 Å². The summed E-state index contributed by atoms with van der Waals surface area (Å²) in [6.45, 7) is 6.78. The predicted octanol–water partition coefficient (Wildman–Crippen LogP) is 0.936. The first kappa shape index (κ1) is 56.1. The zero-order valence-electron chi connectivity index (χ0n) is 37.8. The molecular formula is C47H75NO17. The van der Waals surface area contributed by atoms with Crippen LogP contribution in [-0.4, -0.2) is 166 Å². The Morgan fingerprint density at radius 2 is 1.28 bits per heavy atom. The number of carboxylic acid groups (broad SMARTS) is 1. The van der Waals surface area contributed by atoms with E-state index in [9.17, 15) is 65.8 Å². The Balaban J connectivity index is 1.84. The molecule has 0 aromatic rings. The number of cyclic esters (lactones) is 1. The van der Waals surface area contributed by atoms with Crippen LogP contribution in [-0.2, 0) is 28.5 Å². The summed E-state index contributed by atoms with van der Waals surface area (Å²) < 4.78 is 23.2. The molecule has 0 spiro atoms. The Hall–Kier alpha value is -3.18. The van der Waals surface area contributed by atoms with Crippen molar-refractivity contribution in [1.82, 2.24) is 0 Å². The van der Waals surface area contributed by atoms with Crippen LogP contribution in [0.15, 0.2) is 72.9 Å². The van der Waals surface area contributed by atoms with E-state index >= 15 is 0 Å². The van der Waals surface area contributed by atoms with Gasteiger partial charge in [-0.25, -0.2) is 0 Å². The van der Waals surface area contributed by atoms with Crippen LogP contribution in [0.4, 0.5) is 0 Å². The van der Waals surface area contributed by atoms with Crippen LogP contribution in [0.5, 0.6) is 0 Å². The molecule has 3 aliphatic rings. The fraction of sp³-hybridized carbons (Fsp3) is 0.702. The van der Waals surface area contributed by atoms with Crippen LogP contribution in [0.25, 0.3) is 0 Å². The van der Waals surface area contributed by atoms with Crippen molar-refractivity contribution in [2.75, 3.05) is 0 Å². The lowest BCUT2D eigenvalue weighted by molar-refractivity contribution is -0.310. The van der Waals surface area contributed by atoms with Gasteiger partial charge in [-0.3, -0.25) is 9.59 Å². The van der Waals surface area contributed by atoms with Gasteiger partial charge in [0.25, 0.3) is 0 Å². The number of aliphatic carboxylic acids is 1. The molecular weight excluding hydrogens is 851 g/mol. The van der Waals surface area contributed by atoms with Crippen LogP contribution < -0.4 is 5.73 Å². The molecule has 3 heterocycles. The Morgan fingerprint density at radius 3 is 1.94 bits per heavy atom. The topological polar surface area (TPSA) is 320 Å². The zero-order chi connectivity index (χ0) is 48.4. The molecule has 18 nitrogen and oxygen atoms in total. The second-order valence-electron chi connectivity index (χ2n) is 17.8. The number of carboxylic acids is 1. The Kier molecular flexibility index (Phi) is 23.8. The van der Waals surface area contributed by atoms with Crippen LogP contribution >= 0.6 is 0 Å². The average Bonchev–Trinajstić information content (AvgIpc) is 3.21. The van der Waals surface area contributed by atoms with E-state index in [0.29, 0.717) is 0 Å². The van der Waals surface area contributed by atoms with Crippen molar-refractivity contribution in [2.24, 2.45) is 23.5 Å². The summed E-state index contributed by atoms with van der Waals surface area (Å²) in [5.41, 5.74) is 6.02. The molecule has 18 heteroatoms. The van der Waals surface area contributed by atoms with E-state index in [1.54, 1.807) is 38.2 Å². The largest absolute Gasteiger partial charge is 0.481 e. The maximum absolute atomic E-state index is 12.6. The van der Waals surface area contributed by atoms with Crippen molar-refractivity contribution in [1.29, 1.82) is 0 Å². The van der Waals surface area contributed by atoms with Crippen LogP contribution in [0, 0.1) is 17.8 Å². The van der Waals surface area contributed by atoms with Gasteiger partial charge < -0.3 is 80.9 Å². The predicted molar refractivity (Wildman–Crippen MR) is 237 cm³/mol. The Morgan fingerprint density at radius 1 is 0.692 bits per heavy atom. The lowest BCUT2D eigenvalue weighted by atomic mass is 9.82. The third-order valence-corrected chi connectivity index (χ3v) is 12.2. The van der Waals surface area contributed by atoms with E-state index < -0.39 is 141 Å². The van der Waals surface area contributed by atoms with Crippen LogP contribution in [0.3, 0.4) is 0 Å². The van der Waals surface area contributed by atoms with E-state index in [1.165, 1.54) is 13.0 Å². The van der Waals surface area contributed by atoms with Gasteiger partial charge in [0.05, 0.1) is 79.6 Å². The number of carbonyl (C=O) groups excluding carboxylic acids is 1. The van der Waals surface area contributed by atoms with Crippen molar-refractivity contribution < 1.29 is 84.7 Å². The lowest BCUT2D eigenvalue weighted by Crippen LogP contribution is -2.61. The molecule has 370 valence electrons. The van der Waals surface area contributed by atoms with Gasteiger partial charge in [0.1, 0.15) is 18.1 Å². The SMILES string of the molecule is C[C@H]1[C@H](O)[C@@H](C)/C=C/C=C/CC/C=C/C=C/C=C/C=C/C(OC2O[C@H](C)[C@@H](O)[C@H](N)[C@@H]2O)CC2O[C@](O)(CC(O)C(O)CCC(O)CC(O)CC(O)CC(=O)O[C@H]1C)CC(O)C2C(=O)O. The van der Waals surface area contributed by atoms with E-state index in [-0.39, 0.29) is 38.0 Å². The normalized spacial score (nSPS) is 45.2. The summed E-state index contributed by atoms with van der Waals surface area (Å²) in [6.07, 6.45) is 2.28. The number of aliphatic hydroxyl groups excluding tert-OH is 9. The number of fused-ring (bicyclic) bond motifs is 2. The molecule has 0 radical (unpaired) electrons. The molecule has 0 aliphatic carbocycles. The minimum Gasteiger partial charge on any atom is -0.481 e. The smallest absolute Gasteiger partial charge is 0.311 e. The fourth-order valence-electron chi connectivity index (χ4n) is 8.11. The highest BCUT2D eigenvalue weighted by Crippen LogP contribution is 2.38. The first-order chi connectivity index (χ1) is 30.6.